The van der Waals surface area contributed by atoms with Gasteiger partial charge in [0, 0.05) is 0 Å². The summed E-state index contributed by atoms with van der Waals surface area (Å²) in [5.74, 6) is 0. The van der Waals surface area contributed by atoms with Crippen molar-refractivity contribution in [3.05, 3.63) is 0 Å². The molecule has 0 heterocycles. The largest absolute Gasteiger partial charge is 0.369 e. The van der Waals surface area contributed by atoms with Crippen molar-refractivity contribution in [2.45, 2.75) is 0 Å². The molecule has 2 nitrogen and oxygen atoms in total. The standard InChI is InChI=1S/7FH.2H3N.Ta/h7*1H;2*1H3;/q;;;;;;;;;+5/p-5. The molecule has 0 aliphatic carbocycles. The van der Waals surface area contributed by atoms with Crippen molar-refractivity contribution in [1.29, 1.82) is 0 Å². The number of hydrogen-bond acceptors (Lipinski definition) is 0. The third-order valence-corrected chi connectivity index (χ3v) is 0. The summed E-state index contributed by atoms with van der Waals surface area (Å²) >= 11 is -13.4. The minimum Gasteiger partial charge on any atom is -0.369 e. The number of rotatable bonds is 0. The van der Waals surface area contributed by atoms with E-state index in [0.717, 1.165) is 0 Å². The molecule has 0 atom stereocenters. The molecule has 0 aliphatic heterocycles. The Kier molecular flexibility index (Phi) is 2.27. The van der Waals surface area contributed by atoms with E-state index in [9.17, 15) is 21.2 Å². The zero-order chi connectivity index (χ0) is 7.38. The van der Waals surface area contributed by atoms with Crippen LogP contribution in [0.15, 0.2) is 0 Å². The van der Waals surface area contributed by atoms with Crippen LogP contribution in [0, 0.1) is 0 Å². The molecule has 10 heteroatoms. The summed E-state index contributed by atoms with van der Waals surface area (Å²) < 4.78 is 69.6. The maximum atomic E-state index is 9.94. The van der Waals surface area contributed by atoms with Crippen molar-refractivity contribution < 1.29 is 38.2 Å². The normalized spacial score (nSPS) is 21.7. The molecule has 0 radical (unpaired) electrons. The van der Waals surface area contributed by atoms with E-state index in [-0.39, 0.29) is 12.3 Å². The molecule has 0 saturated heterocycles. The van der Waals surface area contributed by atoms with Crippen LogP contribution >= 0.6 is 0 Å². The van der Waals surface area contributed by atoms with Gasteiger partial charge >= 0.3 is 38.2 Å². The van der Waals surface area contributed by atoms with Crippen LogP contribution in [-0.2, 0) is 17.0 Å². The summed E-state index contributed by atoms with van der Waals surface area (Å²) in [5, 5.41) is 0. The molecule has 72 valence electrons. The van der Waals surface area contributed by atoms with Crippen molar-refractivity contribution in [3.8, 4) is 0 Å². The Bertz CT molecular complexity index is 104. The second-order valence-electron chi connectivity index (χ2n) is 1.34. The second-order valence-corrected chi connectivity index (χ2v) is 11.0. The van der Waals surface area contributed by atoms with E-state index >= 15 is 0 Å². The van der Waals surface area contributed by atoms with Crippen LogP contribution in [0.4, 0.5) is 21.2 Å². The van der Waals surface area contributed by atoms with Crippen molar-refractivity contribution in [2.75, 3.05) is 0 Å². The van der Waals surface area contributed by atoms with E-state index in [0.29, 0.717) is 0 Å². The first-order valence-electron chi connectivity index (χ1n) is 1.18. The topological polar surface area (TPSA) is 73.0 Å². The van der Waals surface area contributed by atoms with Gasteiger partial charge in [0.1, 0.15) is 0 Å². The Morgan fingerprint density at radius 2 is 0.500 bits per heavy atom. The van der Waals surface area contributed by atoms with Crippen LogP contribution in [0.5, 0.6) is 0 Å². The van der Waals surface area contributed by atoms with E-state index in [4.69, 9.17) is 0 Å². The molecular formula is H8F7N2Ta. The van der Waals surface area contributed by atoms with Crippen molar-refractivity contribution in [2.24, 2.45) is 0 Å². The third-order valence-electron chi connectivity index (χ3n) is 0. The minimum absolute atomic E-state index is 0. The van der Waals surface area contributed by atoms with E-state index in [2.05, 4.69) is 0 Å². The second kappa shape index (κ2) is 1.37. The van der Waals surface area contributed by atoms with Gasteiger partial charge in [-0.05, 0) is 0 Å². The van der Waals surface area contributed by atoms with Gasteiger partial charge < -0.3 is 12.3 Å². The number of hydrogen-bond donors (Lipinski definition) is 2. The molecule has 8 N–H and O–H groups in total. The maximum Gasteiger partial charge on any atom is -0.369 e. The molecule has 0 amide bonds. The van der Waals surface area contributed by atoms with E-state index in [1.807, 2.05) is 0 Å². The predicted octanol–water partition coefficient (Wildman–Crippen LogP) is 3.69. The van der Waals surface area contributed by atoms with E-state index in [1.54, 1.807) is 0 Å². The zero-order valence-electron chi connectivity index (χ0n) is 5.09. The van der Waals surface area contributed by atoms with Gasteiger partial charge in [-0.1, -0.05) is 0 Å². The summed E-state index contributed by atoms with van der Waals surface area (Å²) in [7, 11) is 0. The molecule has 0 aliphatic rings. The SMILES string of the molecule is [F][Ta-2]([F])([F])([F])([F])([F])[F].[NH4+].[NH4+]. The molecule has 0 aromatic heterocycles. The Morgan fingerprint density at radius 1 is 0.500 bits per heavy atom. The molecule has 0 bridgehead atoms. The number of quaternary nitrogens is 2. The Labute approximate surface area is 51.3 Å². The van der Waals surface area contributed by atoms with Crippen LogP contribution in [0.2, 0.25) is 0 Å². The first kappa shape index (κ1) is 16.6. The summed E-state index contributed by atoms with van der Waals surface area (Å²) in [6, 6.07) is 0. The first-order chi connectivity index (χ1) is 2.65. The van der Waals surface area contributed by atoms with E-state index in [1.165, 1.54) is 0 Å². The first-order valence-corrected chi connectivity index (χ1v) is 9.69. The Balaban J connectivity index is -0.000000245. The summed E-state index contributed by atoms with van der Waals surface area (Å²) in [4.78, 5) is 0. The van der Waals surface area contributed by atoms with Crippen LogP contribution in [-0.4, -0.2) is 0 Å². The van der Waals surface area contributed by atoms with Gasteiger partial charge in [-0.15, -0.1) is 0 Å². The quantitative estimate of drug-likeness (QED) is 0.626. The summed E-state index contributed by atoms with van der Waals surface area (Å²) in [5.41, 5.74) is 0. The van der Waals surface area contributed by atoms with Crippen LogP contribution in [0.1, 0.15) is 0 Å². The third kappa shape index (κ3) is 14500. The molecular weight excluding hydrogens is 342 g/mol. The van der Waals surface area contributed by atoms with Crippen LogP contribution < -0.4 is 12.3 Å². The summed E-state index contributed by atoms with van der Waals surface area (Å²) in [6.07, 6.45) is 0. The summed E-state index contributed by atoms with van der Waals surface area (Å²) in [6.45, 7) is 0. The molecule has 0 fully saturated rings. The maximum absolute atomic E-state index is 13.4. The fourth-order valence-electron chi connectivity index (χ4n) is 0. The van der Waals surface area contributed by atoms with Crippen molar-refractivity contribution in [3.63, 3.8) is 0 Å². The van der Waals surface area contributed by atoms with Gasteiger partial charge in [0.15, 0.2) is 0 Å². The average Bonchev–Trinajstić information content (AvgIpc) is 0.544. The van der Waals surface area contributed by atoms with Gasteiger partial charge in [-0.3, -0.25) is 0 Å². The molecule has 0 saturated carbocycles. The smallest absolute Gasteiger partial charge is 0.369 e. The van der Waals surface area contributed by atoms with Gasteiger partial charge in [-0.2, -0.15) is 0 Å². The van der Waals surface area contributed by atoms with Crippen molar-refractivity contribution >= 4 is 0 Å². The van der Waals surface area contributed by atoms with Gasteiger partial charge in [0.25, 0.3) is 0 Å². The van der Waals surface area contributed by atoms with Crippen molar-refractivity contribution in [1.82, 2.24) is 12.3 Å². The average molecular weight is 350 g/mol. The molecule has 0 aromatic carbocycles. The van der Waals surface area contributed by atoms with E-state index < -0.39 is 17.0 Å². The monoisotopic (exact) mass is 350 g/mol. The van der Waals surface area contributed by atoms with Gasteiger partial charge in [-0.25, -0.2) is 0 Å². The zero-order valence-corrected chi connectivity index (χ0v) is 8.31. The van der Waals surface area contributed by atoms with Gasteiger partial charge in [0.05, 0.1) is 0 Å². The molecule has 0 spiro atoms. The predicted molar refractivity (Wildman–Crippen MR) is 19.7 cm³/mol. The Hall–Kier alpha value is 0.170. The molecule has 0 aromatic rings. The van der Waals surface area contributed by atoms with Crippen LogP contribution in [0.25, 0.3) is 0 Å². The van der Waals surface area contributed by atoms with Crippen LogP contribution in [0.3, 0.4) is 0 Å². The molecule has 0 unspecified atom stereocenters. The van der Waals surface area contributed by atoms with Gasteiger partial charge in [0.2, 0.25) is 0 Å². The fourth-order valence-corrected chi connectivity index (χ4v) is 0. The minimum atomic E-state index is -13.4. The number of halogens is 7. The molecule has 10 heavy (non-hydrogen) atoms. The Morgan fingerprint density at radius 3 is 0.500 bits per heavy atom. The molecule has 0 rings (SSSR count). The fraction of sp³-hybridized carbons (Fsp3) is 0.